The molecule has 0 spiro atoms. The number of rotatable bonds is 2. The highest BCUT2D eigenvalue weighted by Crippen LogP contribution is 2.28. The van der Waals surface area contributed by atoms with E-state index < -0.39 is 0 Å². The lowest BCUT2D eigenvalue weighted by Gasteiger charge is -2.15. The Kier molecular flexibility index (Phi) is 2.92. The summed E-state index contributed by atoms with van der Waals surface area (Å²) in [7, 11) is 1.65. The van der Waals surface area contributed by atoms with Crippen LogP contribution in [0.5, 0.6) is 5.75 Å². The van der Waals surface area contributed by atoms with Crippen molar-refractivity contribution >= 4 is 11.3 Å². The molecule has 1 aromatic carbocycles. The van der Waals surface area contributed by atoms with Gasteiger partial charge in [0.05, 0.1) is 12.8 Å². The van der Waals surface area contributed by atoms with E-state index in [1.54, 1.807) is 7.11 Å². The van der Waals surface area contributed by atoms with E-state index in [0.29, 0.717) is 5.69 Å². The van der Waals surface area contributed by atoms with Crippen LogP contribution in [0.25, 0.3) is 5.57 Å². The van der Waals surface area contributed by atoms with Crippen molar-refractivity contribution < 1.29 is 4.74 Å². The number of hydrogen-bond acceptors (Lipinski definition) is 3. The number of methoxy groups -OCH3 is 1. The van der Waals surface area contributed by atoms with Gasteiger partial charge in [0, 0.05) is 6.54 Å². The Balaban J connectivity index is 2.32. The first kappa shape index (κ1) is 10.1. The molecular formula is C12H16N2O. The van der Waals surface area contributed by atoms with Crippen LogP contribution in [0.3, 0.4) is 0 Å². The maximum atomic E-state index is 5.77. The van der Waals surface area contributed by atoms with Gasteiger partial charge in [0.2, 0.25) is 0 Å². The molecule has 3 nitrogen and oxygen atoms in total. The van der Waals surface area contributed by atoms with E-state index in [-0.39, 0.29) is 0 Å². The first-order valence-electron chi connectivity index (χ1n) is 5.15. The molecule has 0 aliphatic carbocycles. The van der Waals surface area contributed by atoms with Crippen molar-refractivity contribution in [3.8, 4) is 5.75 Å². The predicted molar refractivity (Wildman–Crippen MR) is 62.9 cm³/mol. The highest BCUT2D eigenvalue weighted by atomic mass is 16.5. The molecule has 0 saturated carbocycles. The summed E-state index contributed by atoms with van der Waals surface area (Å²) in [6.45, 7) is 1.99. The molecule has 1 aliphatic rings. The van der Waals surface area contributed by atoms with Crippen LogP contribution in [0.2, 0.25) is 0 Å². The molecule has 3 N–H and O–H groups in total. The fourth-order valence-electron chi connectivity index (χ4n) is 1.80. The highest BCUT2D eigenvalue weighted by Gasteiger charge is 2.07. The van der Waals surface area contributed by atoms with E-state index >= 15 is 0 Å². The second-order valence-corrected chi connectivity index (χ2v) is 3.64. The van der Waals surface area contributed by atoms with Crippen LogP contribution in [0.15, 0.2) is 24.3 Å². The number of ether oxygens (including phenoxy) is 1. The molecule has 0 fully saturated rings. The van der Waals surface area contributed by atoms with Gasteiger partial charge in [0.25, 0.3) is 0 Å². The van der Waals surface area contributed by atoms with Crippen molar-refractivity contribution in [1.29, 1.82) is 0 Å². The Hall–Kier alpha value is -1.48. The summed E-state index contributed by atoms with van der Waals surface area (Å²) in [4.78, 5) is 0. The highest BCUT2D eigenvalue weighted by molar-refractivity contribution is 5.70. The van der Waals surface area contributed by atoms with Gasteiger partial charge in [-0.15, -0.1) is 0 Å². The molecule has 0 bridgehead atoms. The molecule has 3 heteroatoms. The largest absolute Gasteiger partial charge is 0.495 e. The van der Waals surface area contributed by atoms with E-state index in [1.165, 1.54) is 11.1 Å². The molecule has 1 aliphatic heterocycles. The fraction of sp³-hybridized carbons (Fsp3) is 0.333. The topological polar surface area (TPSA) is 47.3 Å². The van der Waals surface area contributed by atoms with Gasteiger partial charge in [-0.1, -0.05) is 12.1 Å². The number of nitrogens with two attached hydrogens (primary N) is 1. The summed E-state index contributed by atoms with van der Waals surface area (Å²) in [6, 6.07) is 5.96. The van der Waals surface area contributed by atoms with Crippen molar-refractivity contribution in [3.05, 3.63) is 29.8 Å². The minimum atomic E-state index is 0.691. The quantitative estimate of drug-likeness (QED) is 0.720. The standard InChI is InChI=1S/C12H16N2O/c1-15-12-8-10(2-3-11(12)13)9-4-6-14-7-5-9/h2-4,8,14H,5-7,13H2,1H3. The van der Waals surface area contributed by atoms with Gasteiger partial charge in [-0.2, -0.15) is 0 Å². The SMILES string of the molecule is COc1cc(C2=CCNCC2)ccc1N. The first-order chi connectivity index (χ1) is 7.31. The first-order valence-corrected chi connectivity index (χ1v) is 5.15. The van der Waals surface area contributed by atoms with E-state index in [9.17, 15) is 0 Å². The molecule has 0 aromatic heterocycles. The Morgan fingerprint density at radius 3 is 2.93 bits per heavy atom. The molecule has 0 saturated heterocycles. The smallest absolute Gasteiger partial charge is 0.142 e. The van der Waals surface area contributed by atoms with Crippen LogP contribution in [-0.2, 0) is 0 Å². The van der Waals surface area contributed by atoms with Crippen molar-refractivity contribution in [2.75, 3.05) is 25.9 Å². The van der Waals surface area contributed by atoms with Crippen LogP contribution in [-0.4, -0.2) is 20.2 Å². The molecular weight excluding hydrogens is 188 g/mol. The molecule has 1 heterocycles. The van der Waals surface area contributed by atoms with E-state index in [4.69, 9.17) is 10.5 Å². The molecule has 80 valence electrons. The minimum absolute atomic E-state index is 0.691. The summed E-state index contributed by atoms with van der Waals surface area (Å²) in [5, 5.41) is 3.29. The van der Waals surface area contributed by atoms with Gasteiger partial charge in [0.15, 0.2) is 0 Å². The van der Waals surface area contributed by atoms with Crippen molar-refractivity contribution in [3.63, 3.8) is 0 Å². The van der Waals surface area contributed by atoms with E-state index in [2.05, 4.69) is 17.5 Å². The number of hydrogen-bond donors (Lipinski definition) is 2. The summed E-state index contributed by atoms with van der Waals surface area (Å²) in [5.74, 6) is 0.756. The van der Waals surface area contributed by atoms with Crippen LogP contribution in [0.4, 0.5) is 5.69 Å². The second-order valence-electron chi connectivity index (χ2n) is 3.64. The average molecular weight is 204 g/mol. The maximum absolute atomic E-state index is 5.77. The predicted octanol–water partition coefficient (Wildman–Crippen LogP) is 1.65. The molecule has 15 heavy (non-hydrogen) atoms. The molecule has 0 radical (unpaired) electrons. The summed E-state index contributed by atoms with van der Waals surface area (Å²) in [6.07, 6.45) is 3.28. The number of nitrogen functional groups attached to an aromatic ring is 1. The molecule has 2 rings (SSSR count). The van der Waals surface area contributed by atoms with Crippen molar-refractivity contribution in [2.45, 2.75) is 6.42 Å². The Labute approximate surface area is 89.9 Å². The minimum Gasteiger partial charge on any atom is -0.495 e. The van der Waals surface area contributed by atoms with Gasteiger partial charge in [-0.3, -0.25) is 0 Å². The Morgan fingerprint density at radius 1 is 1.40 bits per heavy atom. The maximum Gasteiger partial charge on any atom is 0.142 e. The van der Waals surface area contributed by atoms with Gasteiger partial charge in [0.1, 0.15) is 5.75 Å². The van der Waals surface area contributed by atoms with Gasteiger partial charge in [-0.25, -0.2) is 0 Å². The zero-order valence-corrected chi connectivity index (χ0v) is 8.92. The van der Waals surface area contributed by atoms with Gasteiger partial charge < -0.3 is 15.8 Å². The van der Waals surface area contributed by atoms with E-state index in [1.807, 2.05) is 12.1 Å². The molecule has 0 atom stereocenters. The number of anilines is 1. The third kappa shape index (κ3) is 2.13. The summed E-state index contributed by atoms with van der Waals surface area (Å²) < 4.78 is 5.21. The van der Waals surface area contributed by atoms with Crippen LogP contribution in [0, 0.1) is 0 Å². The van der Waals surface area contributed by atoms with Crippen molar-refractivity contribution in [1.82, 2.24) is 5.32 Å². The zero-order valence-electron chi connectivity index (χ0n) is 8.92. The monoisotopic (exact) mass is 204 g/mol. The Morgan fingerprint density at radius 2 is 2.27 bits per heavy atom. The third-order valence-electron chi connectivity index (χ3n) is 2.67. The number of benzene rings is 1. The second kappa shape index (κ2) is 4.36. The molecule has 1 aromatic rings. The van der Waals surface area contributed by atoms with Crippen molar-refractivity contribution in [2.24, 2.45) is 0 Å². The fourth-order valence-corrected chi connectivity index (χ4v) is 1.80. The average Bonchev–Trinajstić information content (AvgIpc) is 2.31. The normalized spacial score (nSPS) is 15.9. The molecule has 0 amide bonds. The lowest BCUT2D eigenvalue weighted by atomic mass is 10.00. The zero-order chi connectivity index (χ0) is 10.7. The summed E-state index contributed by atoms with van der Waals surface area (Å²) >= 11 is 0. The van der Waals surface area contributed by atoms with Gasteiger partial charge >= 0.3 is 0 Å². The van der Waals surface area contributed by atoms with Crippen LogP contribution < -0.4 is 15.8 Å². The van der Waals surface area contributed by atoms with Crippen LogP contribution in [0.1, 0.15) is 12.0 Å². The van der Waals surface area contributed by atoms with Crippen LogP contribution >= 0.6 is 0 Å². The molecule has 0 unspecified atom stereocenters. The van der Waals surface area contributed by atoms with Gasteiger partial charge in [-0.05, 0) is 36.2 Å². The van der Waals surface area contributed by atoms with E-state index in [0.717, 1.165) is 25.3 Å². The summed E-state index contributed by atoms with van der Waals surface area (Å²) in [5.41, 5.74) is 9.04. The number of nitrogens with one attached hydrogen (secondary N) is 1. The lowest BCUT2D eigenvalue weighted by Crippen LogP contribution is -2.20. The Bertz CT molecular complexity index is 385. The lowest BCUT2D eigenvalue weighted by molar-refractivity contribution is 0.417. The third-order valence-corrected chi connectivity index (χ3v) is 2.67.